The largest absolute Gasteiger partial charge is 0.380 e. The summed E-state index contributed by atoms with van der Waals surface area (Å²) in [4.78, 5) is 10.8. The molecule has 1 aliphatic rings. The molecular formula is C8H14O2S. The van der Waals surface area contributed by atoms with Crippen molar-refractivity contribution < 1.29 is 9.53 Å². The van der Waals surface area contributed by atoms with Gasteiger partial charge < -0.3 is 9.53 Å². The predicted molar refractivity (Wildman–Crippen MR) is 47.0 cm³/mol. The van der Waals surface area contributed by atoms with Gasteiger partial charge in [0.2, 0.25) is 0 Å². The zero-order valence-corrected chi connectivity index (χ0v) is 7.82. The van der Waals surface area contributed by atoms with Crippen LogP contribution in [0.2, 0.25) is 0 Å². The molecule has 0 aromatic heterocycles. The van der Waals surface area contributed by atoms with Crippen LogP contribution in [0.25, 0.3) is 0 Å². The van der Waals surface area contributed by atoms with E-state index in [0.29, 0.717) is 0 Å². The Hall–Kier alpha value is -0.0200. The minimum Gasteiger partial charge on any atom is -0.380 e. The summed E-state index contributed by atoms with van der Waals surface area (Å²) in [6.07, 6.45) is 3.21. The first kappa shape index (κ1) is 9.07. The van der Waals surface area contributed by atoms with Gasteiger partial charge in [-0.1, -0.05) is 0 Å². The lowest BCUT2D eigenvalue weighted by Gasteiger charge is -2.27. The summed E-state index contributed by atoms with van der Waals surface area (Å²) < 4.78 is 4.93. The van der Waals surface area contributed by atoms with E-state index < -0.39 is 0 Å². The Labute approximate surface area is 71.7 Å². The van der Waals surface area contributed by atoms with E-state index in [4.69, 9.17) is 4.74 Å². The van der Waals surface area contributed by atoms with Gasteiger partial charge in [-0.2, -0.15) is 0 Å². The molecule has 0 aliphatic carbocycles. The third kappa shape index (κ3) is 1.59. The Bertz CT molecular complexity index is 141. The molecule has 0 amide bonds. The molecule has 1 aliphatic heterocycles. The van der Waals surface area contributed by atoms with Gasteiger partial charge in [-0.05, 0) is 25.5 Å². The first-order valence-electron chi connectivity index (χ1n) is 3.88. The summed E-state index contributed by atoms with van der Waals surface area (Å²) in [5, 5.41) is 0. The van der Waals surface area contributed by atoms with Gasteiger partial charge in [-0.3, -0.25) is 0 Å². The summed E-state index contributed by atoms with van der Waals surface area (Å²) in [6, 6.07) is 0. The molecule has 0 aromatic carbocycles. The number of ether oxygens (including phenoxy) is 1. The fraction of sp³-hybridized carbons (Fsp3) is 0.875. The summed E-state index contributed by atoms with van der Waals surface area (Å²) in [5.41, 5.74) is 0. The third-order valence-corrected chi connectivity index (χ3v) is 3.99. The molecule has 1 fully saturated rings. The van der Waals surface area contributed by atoms with Gasteiger partial charge in [0, 0.05) is 7.11 Å². The van der Waals surface area contributed by atoms with Crippen LogP contribution in [0, 0.1) is 0 Å². The standard InChI is InChI=1S/C8H14O2S/c1-7(10-2)8(6-9)4-3-5-11-8/h6-7H,3-5H2,1-2H3. The van der Waals surface area contributed by atoms with E-state index >= 15 is 0 Å². The van der Waals surface area contributed by atoms with Crippen LogP contribution in [0.3, 0.4) is 0 Å². The van der Waals surface area contributed by atoms with Crippen LogP contribution in [0.4, 0.5) is 0 Å². The van der Waals surface area contributed by atoms with Crippen LogP contribution in [0.15, 0.2) is 0 Å². The molecule has 0 N–H and O–H groups in total. The van der Waals surface area contributed by atoms with E-state index in [1.807, 2.05) is 6.92 Å². The van der Waals surface area contributed by atoms with Crippen LogP contribution in [0.1, 0.15) is 19.8 Å². The Morgan fingerprint density at radius 3 is 2.82 bits per heavy atom. The van der Waals surface area contributed by atoms with Crippen molar-refractivity contribution in [1.82, 2.24) is 0 Å². The number of thioether (sulfide) groups is 1. The zero-order valence-electron chi connectivity index (χ0n) is 7.00. The van der Waals surface area contributed by atoms with Crippen LogP contribution < -0.4 is 0 Å². The van der Waals surface area contributed by atoms with Gasteiger partial charge in [0.25, 0.3) is 0 Å². The summed E-state index contributed by atoms with van der Waals surface area (Å²) >= 11 is 1.73. The summed E-state index contributed by atoms with van der Waals surface area (Å²) in [6.45, 7) is 1.96. The van der Waals surface area contributed by atoms with Crippen molar-refractivity contribution in [2.45, 2.75) is 30.6 Å². The van der Waals surface area contributed by atoms with E-state index in [-0.39, 0.29) is 10.9 Å². The topological polar surface area (TPSA) is 26.3 Å². The maximum atomic E-state index is 10.8. The zero-order chi connectivity index (χ0) is 8.32. The number of hydrogen-bond acceptors (Lipinski definition) is 3. The lowest BCUT2D eigenvalue weighted by molar-refractivity contribution is -0.112. The average Bonchev–Trinajstić information content (AvgIpc) is 2.52. The molecule has 2 unspecified atom stereocenters. The highest BCUT2D eigenvalue weighted by molar-refractivity contribution is 8.01. The molecule has 64 valence electrons. The highest BCUT2D eigenvalue weighted by Crippen LogP contribution is 2.39. The van der Waals surface area contributed by atoms with Gasteiger partial charge in [0.15, 0.2) is 0 Å². The minimum atomic E-state index is -0.241. The van der Waals surface area contributed by atoms with E-state index in [9.17, 15) is 4.79 Å². The molecule has 2 nitrogen and oxygen atoms in total. The second-order valence-electron chi connectivity index (χ2n) is 2.90. The Kier molecular flexibility index (Phi) is 2.96. The lowest BCUT2D eigenvalue weighted by atomic mass is 9.99. The monoisotopic (exact) mass is 174 g/mol. The van der Waals surface area contributed by atoms with E-state index in [2.05, 4.69) is 0 Å². The van der Waals surface area contributed by atoms with Gasteiger partial charge in [-0.15, -0.1) is 11.8 Å². The number of carbonyl (C=O) groups is 1. The summed E-state index contributed by atoms with van der Waals surface area (Å²) in [7, 11) is 1.66. The number of methoxy groups -OCH3 is 1. The number of aldehydes is 1. The smallest absolute Gasteiger partial charge is 0.138 e. The first-order valence-corrected chi connectivity index (χ1v) is 4.87. The maximum absolute atomic E-state index is 10.8. The molecule has 1 rings (SSSR count). The van der Waals surface area contributed by atoms with Crippen molar-refractivity contribution in [3.05, 3.63) is 0 Å². The number of hydrogen-bond donors (Lipinski definition) is 0. The van der Waals surface area contributed by atoms with E-state index in [0.717, 1.165) is 24.9 Å². The molecule has 3 heteroatoms. The van der Waals surface area contributed by atoms with Crippen molar-refractivity contribution in [2.75, 3.05) is 12.9 Å². The second kappa shape index (κ2) is 3.59. The molecule has 0 spiro atoms. The number of rotatable bonds is 3. The van der Waals surface area contributed by atoms with Crippen LogP contribution in [0.5, 0.6) is 0 Å². The van der Waals surface area contributed by atoms with Crippen molar-refractivity contribution in [3.8, 4) is 0 Å². The Balaban J connectivity index is 2.65. The van der Waals surface area contributed by atoms with Crippen LogP contribution >= 0.6 is 11.8 Å². The highest BCUT2D eigenvalue weighted by Gasteiger charge is 2.40. The normalized spacial score (nSPS) is 33.6. The Morgan fingerprint density at radius 1 is 1.73 bits per heavy atom. The maximum Gasteiger partial charge on any atom is 0.138 e. The van der Waals surface area contributed by atoms with E-state index in [1.54, 1.807) is 18.9 Å². The van der Waals surface area contributed by atoms with Gasteiger partial charge >= 0.3 is 0 Å². The average molecular weight is 174 g/mol. The fourth-order valence-corrected chi connectivity index (χ4v) is 2.75. The Morgan fingerprint density at radius 2 is 2.45 bits per heavy atom. The molecule has 0 radical (unpaired) electrons. The third-order valence-electron chi connectivity index (χ3n) is 2.32. The highest BCUT2D eigenvalue weighted by atomic mass is 32.2. The van der Waals surface area contributed by atoms with Gasteiger partial charge in [0.05, 0.1) is 10.9 Å². The lowest BCUT2D eigenvalue weighted by Crippen LogP contribution is -2.37. The second-order valence-corrected chi connectivity index (χ2v) is 4.36. The molecule has 1 heterocycles. The van der Waals surface area contributed by atoms with Crippen molar-refractivity contribution in [2.24, 2.45) is 0 Å². The van der Waals surface area contributed by atoms with Gasteiger partial charge in [-0.25, -0.2) is 0 Å². The van der Waals surface area contributed by atoms with Gasteiger partial charge in [0.1, 0.15) is 6.29 Å². The predicted octanol–water partition coefficient (Wildman–Crippen LogP) is 1.49. The van der Waals surface area contributed by atoms with Crippen molar-refractivity contribution in [3.63, 3.8) is 0 Å². The molecule has 11 heavy (non-hydrogen) atoms. The van der Waals surface area contributed by atoms with E-state index in [1.165, 1.54) is 0 Å². The first-order chi connectivity index (χ1) is 5.25. The molecule has 0 bridgehead atoms. The quantitative estimate of drug-likeness (QED) is 0.606. The van der Waals surface area contributed by atoms with Crippen molar-refractivity contribution >= 4 is 18.0 Å². The fourth-order valence-electron chi connectivity index (χ4n) is 1.39. The molecule has 0 saturated carbocycles. The SMILES string of the molecule is COC(C)C1(C=O)CCCS1. The molecule has 2 atom stereocenters. The van der Waals surface area contributed by atoms with Crippen LogP contribution in [-0.2, 0) is 9.53 Å². The minimum absolute atomic E-state index is 0.0486. The van der Waals surface area contributed by atoms with Crippen molar-refractivity contribution in [1.29, 1.82) is 0 Å². The summed E-state index contributed by atoms with van der Waals surface area (Å²) in [5.74, 6) is 1.09. The number of carbonyl (C=O) groups excluding carboxylic acids is 1. The molecule has 1 saturated heterocycles. The molecular weight excluding hydrogens is 160 g/mol. The molecule has 0 aromatic rings. The van der Waals surface area contributed by atoms with Crippen LogP contribution in [-0.4, -0.2) is 30.0 Å².